The summed E-state index contributed by atoms with van der Waals surface area (Å²) in [6.45, 7) is 0. The number of nitrogens with one attached hydrogen (secondary N) is 1. The fourth-order valence-corrected chi connectivity index (χ4v) is 2.58. The van der Waals surface area contributed by atoms with E-state index < -0.39 is 0 Å². The van der Waals surface area contributed by atoms with Crippen molar-refractivity contribution in [2.45, 2.75) is 0 Å². The third kappa shape index (κ3) is 4.28. The van der Waals surface area contributed by atoms with E-state index in [0.717, 1.165) is 0 Å². The Morgan fingerprint density at radius 1 is 0.885 bits per heavy atom. The van der Waals surface area contributed by atoms with Crippen molar-refractivity contribution in [1.82, 2.24) is 0 Å². The molecule has 0 atom stereocenters. The monoisotopic (exact) mass is 387 g/mol. The van der Waals surface area contributed by atoms with Gasteiger partial charge in [0.2, 0.25) is 0 Å². The van der Waals surface area contributed by atoms with Gasteiger partial charge in [-0.15, -0.1) is 0 Å². The van der Waals surface area contributed by atoms with Crippen LogP contribution in [0.4, 0.5) is 5.69 Å². The van der Waals surface area contributed by atoms with Gasteiger partial charge in [-0.05, 0) is 54.6 Å². The summed E-state index contributed by atoms with van der Waals surface area (Å²) >= 11 is 11.8. The first-order valence-corrected chi connectivity index (χ1v) is 8.50. The summed E-state index contributed by atoms with van der Waals surface area (Å²) in [5.41, 5.74) is 1.06. The van der Waals surface area contributed by atoms with Gasteiger partial charge in [0.25, 0.3) is 5.91 Å². The number of hydrogen-bond donors (Lipinski definition) is 1. The first-order valence-electron chi connectivity index (χ1n) is 7.74. The molecule has 0 radical (unpaired) electrons. The molecule has 0 spiro atoms. The molecule has 3 rings (SSSR count). The topological polar surface area (TPSA) is 47.6 Å². The lowest BCUT2D eigenvalue weighted by Gasteiger charge is -2.11. The fourth-order valence-electron chi connectivity index (χ4n) is 2.28. The first-order chi connectivity index (χ1) is 12.6. The molecule has 1 N–H and O–H groups in total. The summed E-state index contributed by atoms with van der Waals surface area (Å²) in [6.07, 6.45) is 0. The Morgan fingerprint density at radius 3 is 2.23 bits per heavy atom. The van der Waals surface area contributed by atoms with E-state index in [1.807, 2.05) is 24.3 Å². The molecule has 3 aromatic rings. The largest absolute Gasteiger partial charge is 0.493 e. The van der Waals surface area contributed by atoms with E-state index in [9.17, 15) is 4.79 Å². The van der Waals surface area contributed by atoms with Crippen molar-refractivity contribution >= 4 is 34.8 Å². The van der Waals surface area contributed by atoms with Crippen LogP contribution in [0.5, 0.6) is 17.2 Å². The molecule has 4 nitrogen and oxygen atoms in total. The summed E-state index contributed by atoms with van der Waals surface area (Å²) in [6, 6.07) is 19.1. The molecule has 26 heavy (non-hydrogen) atoms. The predicted molar refractivity (Wildman–Crippen MR) is 104 cm³/mol. The van der Waals surface area contributed by atoms with Gasteiger partial charge in [0.05, 0.1) is 17.2 Å². The van der Waals surface area contributed by atoms with Crippen molar-refractivity contribution in [1.29, 1.82) is 0 Å². The van der Waals surface area contributed by atoms with Gasteiger partial charge in [-0.3, -0.25) is 4.79 Å². The second-order valence-electron chi connectivity index (χ2n) is 5.36. The normalized spacial score (nSPS) is 10.3. The van der Waals surface area contributed by atoms with Crippen LogP contribution in [0.1, 0.15) is 10.4 Å². The lowest BCUT2D eigenvalue weighted by molar-refractivity contribution is 0.102. The van der Waals surface area contributed by atoms with Crippen LogP contribution in [0.25, 0.3) is 0 Å². The van der Waals surface area contributed by atoms with Crippen molar-refractivity contribution in [2.75, 3.05) is 12.4 Å². The Bertz CT molecular complexity index is 927. The van der Waals surface area contributed by atoms with Gasteiger partial charge >= 0.3 is 0 Å². The Morgan fingerprint density at radius 2 is 1.58 bits per heavy atom. The highest BCUT2D eigenvalue weighted by atomic mass is 35.5. The van der Waals surface area contributed by atoms with Crippen LogP contribution in [0.2, 0.25) is 10.0 Å². The van der Waals surface area contributed by atoms with Crippen LogP contribution >= 0.6 is 23.2 Å². The van der Waals surface area contributed by atoms with Crippen LogP contribution in [-0.2, 0) is 0 Å². The Kier molecular flexibility index (Phi) is 5.66. The van der Waals surface area contributed by atoms with Crippen molar-refractivity contribution < 1.29 is 14.3 Å². The third-order valence-corrected chi connectivity index (χ3v) is 4.33. The number of para-hydroxylation sites is 2. The van der Waals surface area contributed by atoms with Crippen LogP contribution in [-0.4, -0.2) is 13.0 Å². The number of ether oxygens (including phenoxy) is 2. The average Bonchev–Trinajstić information content (AvgIpc) is 2.66. The Hall–Kier alpha value is -2.69. The minimum absolute atomic E-state index is 0.276. The van der Waals surface area contributed by atoms with Crippen molar-refractivity contribution in [3.05, 3.63) is 82.3 Å². The summed E-state index contributed by atoms with van der Waals surface area (Å²) in [4.78, 5) is 12.3. The lowest BCUT2D eigenvalue weighted by atomic mass is 10.2. The molecule has 0 saturated heterocycles. The highest BCUT2D eigenvalue weighted by Crippen LogP contribution is 2.31. The minimum Gasteiger partial charge on any atom is -0.493 e. The van der Waals surface area contributed by atoms with E-state index in [0.29, 0.717) is 38.5 Å². The molecule has 6 heteroatoms. The quantitative estimate of drug-likeness (QED) is 0.579. The van der Waals surface area contributed by atoms with E-state index in [1.165, 1.54) is 6.07 Å². The maximum absolute atomic E-state index is 12.3. The van der Waals surface area contributed by atoms with E-state index >= 15 is 0 Å². The van der Waals surface area contributed by atoms with E-state index in [1.54, 1.807) is 43.5 Å². The van der Waals surface area contributed by atoms with Gasteiger partial charge in [0.1, 0.15) is 5.75 Å². The number of carbonyl (C=O) groups is 1. The number of rotatable bonds is 5. The number of amides is 1. The summed E-state index contributed by atoms with van der Waals surface area (Å²) in [5.74, 6) is 1.61. The smallest absolute Gasteiger partial charge is 0.255 e. The molecule has 0 aliphatic heterocycles. The fraction of sp³-hybridized carbons (Fsp3) is 0.0500. The zero-order chi connectivity index (χ0) is 18.5. The van der Waals surface area contributed by atoms with Crippen LogP contribution < -0.4 is 14.8 Å². The number of methoxy groups -OCH3 is 1. The molecule has 0 saturated carbocycles. The SMILES string of the molecule is COc1ccccc1Oc1ccc(NC(=O)c2ccc(Cl)c(Cl)c2)cc1. The molecule has 0 aliphatic rings. The van der Waals surface area contributed by atoms with Gasteiger partial charge in [-0.25, -0.2) is 0 Å². The van der Waals surface area contributed by atoms with Gasteiger partial charge in [0, 0.05) is 11.3 Å². The number of hydrogen-bond acceptors (Lipinski definition) is 3. The molecule has 0 fully saturated rings. The van der Waals surface area contributed by atoms with Crippen molar-refractivity contribution in [3.8, 4) is 17.2 Å². The van der Waals surface area contributed by atoms with Crippen molar-refractivity contribution in [3.63, 3.8) is 0 Å². The molecule has 0 unspecified atom stereocenters. The zero-order valence-electron chi connectivity index (χ0n) is 13.8. The minimum atomic E-state index is -0.276. The molecule has 132 valence electrons. The Labute approximate surface area is 161 Å². The molecule has 0 aliphatic carbocycles. The summed E-state index contributed by atoms with van der Waals surface area (Å²) in [5, 5.41) is 3.53. The summed E-state index contributed by atoms with van der Waals surface area (Å²) in [7, 11) is 1.59. The molecule has 0 bridgehead atoms. The van der Waals surface area contributed by atoms with Crippen LogP contribution in [0.3, 0.4) is 0 Å². The molecule has 3 aromatic carbocycles. The zero-order valence-corrected chi connectivity index (χ0v) is 15.3. The van der Waals surface area contributed by atoms with E-state index in [2.05, 4.69) is 5.32 Å². The molecule has 1 amide bonds. The number of benzene rings is 3. The van der Waals surface area contributed by atoms with E-state index in [-0.39, 0.29) is 5.91 Å². The average molecular weight is 388 g/mol. The maximum Gasteiger partial charge on any atom is 0.255 e. The third-order valence-electron chi connectivity index (χ3n) is 3.59. The molecular formula is C20H15Cl2NO3. The first kappa shape index (κ1) is 18.1. The maximum atomic E-state index is 12.3. The molecule has 0 heterocycles. The number of anilines is 1. The van der Waals surface area contributed by atoms with Gasteiger partial charge in [-0.1, -0.05) is 35.3 Å². The number of carbonyl (C=O) groups excluding carboxylic acids is 1. The lowest BCUT2D eigenvalue weighted by Crippen LogP contribution is -2.11. The predicted octanol–water partition coefficient (Wildman–Crippen LogP) is 6.05. The van der Waals surface area contributed by atoms with Gasteiger partial charge < -0.3 is 14.8 Å². The van der Waals surface area contributed by atoms with Gasteiger partial charge in [-0.2, -0.15) is 0 Å². The second kappa shape index (κ2) is 8.13. The van der Waals surface area contributed by atoms with Crippen LogP contribution in [0, 0.1) is 0 Å². The van der Waals surface area contributed by atoms with Crippen LogP contribution in [0.15, 0.2) is 66.7 Å². The summed E-state index contributed by atoms with van der Waals surface area (Å²) < 4.78 is 11.1. The highest BCUT2D eigenvalue weighted by molar-refractivity contribution is 6.42. The van der Waals surface area contributed by atoms with Gasteiger partial charge in [0.15, 0.2) is 11.5 Å². The van der Waals surface area contributed by atoms with Crippen molar-refractivity contribution in [2.24, 2.45) is 0 Å². The highest BCUT2D eigenvalue weighted by Gasteiger charge is 2.09. The standard InChI is InChI=1S/C20H15Cl2NO3/c1-25-18-4-2-3-5-19(18)26-15-9-7-14(8-10-15)23-20(24)13-6-11-16(21)17(22)12-13/h2-12H,1H3,(H,23,24). The molecule has 0 aromatic heterocycles. The van der Waals surface area contributed by atoms with E-state index in [4.69, 9.17) is 32.7 Å². The number of halogens is 2. The second-order valence-corrected chi connectivity index (χ2v) is 6.17. The molecular weight excluding hydrogens is 373 g/mol. The Balaban J connectivity index is 1.69.